The Labute approximate surface area is 141 Å². The SMILES string of the molecule is COc1cccc(-c2csc3nc(-c4ccncc4)[nH]c(=O)c23)c1. The van der Waals surface area contributed by atoms with E-state index in [9.17, 15) is 4.79 Å². The fraction of sp³-hybridized carbons (Fsp3) is 0.0556. The van der Waals surface area contributed by atoms with Gasteiger partial charge in [-0.25, -0.2) is 4.98 Å². The van der Waals surface area contributed by atoms with Crippen LogP contribution in [-0.2, 0) is 0 Å². The van der Waals surface area contributed by atoms with Crippen molar-refractivity contribution in [3.8, 4) is 28.3 Å². The molecule has 5 nitrogen and oxygen atoms in total. The highest BCUT2D eigenvalue weighted by molar-refractivity contribution is 7.17. The van der Waals surface area contributed by atoms with Crippen LogP contribution in [0.5, 0.6) is 5.75 Å². The number of thiophene rings is 1. The molecule has 0 amide bonds. The first-order valence-electron chi connectivity index (χ1n) is 7.32. The summed E-state index contributed by atoms with van der Waals surface area (Å²) in [6.45, 7) is 0. The van der Waals surface area contributed by atoms with Crippen LogP contribution >= 0.6 is 11.3 Å². The average Bonchev–Trinajstić information content (AvgIpc) is 3.07. The number of aromatic amines is 1. The van der Waals surface area contributed by atoms with Gasteiger partial charge in [0, 0.05) is 28.9 Å². The standard InChI is InChI=1S/C18H13N3O2S/c1-23-13-4-2-3-12(9-13)14-10-24-18-15(14)17(22)20-16(21-18)11-5-7-19-8-6-11/h2-10H,1H3,(H,20,21,22). The molecule has 4 rings (SSSR count). The van der Waals surface area contributed by atoms with Gasteiger partial charge in [-0.2, -0.15) is 0 Å². The van der Waals surface area contributed by atoms with Crippen LogP contribution < -0.4 is 10.3 Å². The molecule has 0 atom stereocenters. The minimum atomic E-state index is -0.147. The summed E-state index contributed by atoms with van der Waals surface area (Å²) in [5.41, 5.74) is 2.49. The number of aromatic nitrogens is 3. The molecule has 0 unspecified atom stereocenters. The number of H-pyrrole nitrogens is 1. The van der Waals surface area contributed by atoms with Gasteiger partial charge < -0.3 is 9.72 Å². The Bertz CT molecular complexity index is 1070. The van der Waals surface area contributed by atoms with Crippen molar-refractivity contribution in [2.24, 2.45) is 0 Å². The molecule has 0 radical (unpaired) electrons. The number of nitrogens with zero attached hydrogens (tertiary/aromatic N) is 2. The molecule has 0 aliphatic carbocycles. The maximum atomic E-state index is 12.6. The summed E-state index contributed by atoms with van der Waals surface area (Å²) in [5.74, 6) is 1.30. The largest absolute Gasteiger partial charge is 0.497 e. The second kappa shape index (κ2) is 5.90. The lowest BCUT2D eigenvalue weighted by atomic mass is 10.1. The Morgan fingerprint density at radius 3 is 2.75 bits per heavy atom. The van der Waals surface area contributed by atoms with E-state index in [4.69, 9.17) is 4.74 Å². The monoisotopic (exact) mass is 335 g/mol. The van der Waals surface area contributed by atoms with Crippen LogP contribution in [0.4, 0.5) is 0 Å². The first-order chi connectivity index (χ1) is 11.8. The Morgan fingerprint density at radius 1 is 1.12 bits per heavy atom. The number of hydrogen-bond acceptors (Lipinski definition) is 5. The molecule has 3 aromatic heterocycles. The van der Waals surface area contributed by atoms with Gasteiger partial charge in [0.15, 0.2) is 0 Å². The van der Waals surface area contributed by atoms with Gasteiger partial charge in [0.05, 0.1) is 12.5 Å². The normalized spacial score (nSPS) is 10.9. The zero-order chi connectivity index (χ0) is 16.5. The molecule has 0 aliphatic rings. The molecular formula is C18H13N3O2S. The Kier molecular flexibility index (Phi) is 3.59. The molecular weight excluding hydrogens is 322 g/mol. The van der Waals surface area contributed by atoms with Gasteiger partial charge in [0.25, 0.3) is 5.56 Å². The molecule has 0 saturated carbocycles. The summed E-state index contributed by atoms with van der Waals surface area (Å²) in [6, 6.07) is 11.3. The zero-order valence-electron chi connectivity index (χ0n) is 12.8. The predicted molar refractivity (Wildman–Crippen MR) is 95.5 cm³/mol. The first-order valence-corrected chi connectivity index (χ1v) is 8.20. The molecule has 0 spiro atoms. The van der Waals surface area contributed by atoms with E-state index in [1.807, 2.05) is 41.8 Å². The fourth-order valence-electron chi connectivity index (χ4n) is 2.60. The van der Waals surface area contributed by atoms with Gasteiger partial charge in [-0.3, -0.25) is 9.78 Å². The van der Waals surface area contributed by atoms with Crippen molar-refractivity contribution in [1.82, 2.24) is 15.0 Å². The van der Waals surface area contributed by atoms with Crippen LogP contribution in [0.2, 0.25) is 0 Å². The summed E-state index contributed by atoms with van der Waals surface area (Å²) in [6.07, 6.45) is 3.35. The molecule has 6 heteroatoms. The Hall–Kier alpha value is -2.99. The number of hydrogen-bond donors (Lipinski definition) is 1. The molecule has 24 heavy (non-hydrogen) atoms. The smallest absolute Gasteiger partial charge is 0.260 e. The number of rotatable bonds is 3. The second-order valence-corrected chi connectivity index (χ2v) is 6.07. The van der Waals surface area contributed by atoms with Gasteiger partial charge >= 0.3 is 0 Å². The first kappa shape index (κ1) is 14.6. The lowest BCUT2D eigenvalue weighted by Gasteiger charge is -2.04. The molecule has 1 N–H and O–H groups in total. The summed E-state index contributed by atoms with van der Waals surface area (Å²) in [5, 5.41) is 2.56. The van der Waals surface area contributed by atoms with E-state index in [1.54, 1.807) is 19.5 Å². The minimum absolute atomic E-state index is 0.147. The molecule has 0 fully saturated rings. The summed E-state index contributed by atoms with van der Waals surface area (Å²) >= 11 is 1.46. The molecule has 1 aromatic carbocycles. The third-order valence-electron chi connectivity index (χ3n) is 3.78. The van der Waals surface area contributed by atoms with Crippen LogP contribution in [-0.4, -0.2) is 22.1 Å². The third kappa shape index (κ3) is 2.47. The highest BCUT2D eigenvalue weighted by Crippen LogP contribution is 2.33. The fourth-order valence-corrected chi connectivity index (χ4v) is 3.55. The maximum Gasteiger partial charge on any atom is 0.260 e. The molecule has 4 aromatic rings. The van der Waals surface area contributed by atoms with Crippen LogP contribution in [0.1, 0.15) is 0 Å². The van der Waals surface area contributed by atoms with E-state index < -0.39 is 0 Å². The number of fused-ring (bicyclic) bond motifs is 1. The Balaban J connectivity index is 1.90. The highest BCUT2D eigenvalue weighted by atomic mass is 32.1. The van der Waals surface area contributed by atoms with Crippen molar-refractivity contribution in [2.75, 3.05) is 7.11 Å². The van der Waals surface area contributed by atoms with Gasteiger partial charge in [-0.1, -0.05) is 12.1 Å². The summed E-state index contributed by atoms with van der Waals surface area (Å²) < 4.78 is 5.27. The number of benzene rings is 1. The molecule has 0 aliphatic heterocycles. The molecule has 0 saturated heterocycles. The summed E-state index contributed by atoms with van der Waals surface area (Å²) in [7, 11) is 1.63. The summed E-state index contributed by atoms with van der Waals surface area (Å²) in [4.78, 5) is 24.8. The van der Waals surface area contributed by atoms with E-state index in [-0.39, 0.29) is 5.56 Å². The van der Waals surface area contributed by atoms with Crippen LogP contribution in [0.25, 0.3) is 32.7 Å². The van der Waals surface area contributed by atoms with Crippen molar-refractivity contribution in [3.05, 3.63) is 64.5 Å². The highest BCUT2D eigenvalue weighted by Gasteiger charge is 2.14. The van der Waals surface area contributed by atoms with Crippen LogP contribution in [0.3, 0.4) is 0 Å². The minimum Gasteiger partial charge on any atom is -0.497 e. The molecule has 3 heterocycles. The van der Waals surface area contributed by atoms with E-state index in [2.05, 4.69) is 15.0 Å². The van der Waals surface area contributed by atoms with E-state index in [0.29, 0.717) is 16.0 Å². The van der Waals surface area contributed by atoms with Crippen molar-refractivity contribution in [1.29, 1.82) is 0 Å². The van der Waals surface area contributed by atoms with Gasteiger partial charge in [-0.15, -0.1) is 11.3 Å². The Morgan fingerprint density at radius 2 is 1.96 bits per heavy atom. The van der Waals surface area contributed by atoms with Crippen LogP contribution in [0, 0.1) is 0 Å². The predicted octanol–water partition coefficient (Wildman–Crippen LogP) is 3.72. The quantitative estimate of drug-likeness (QED) is 0.619. The average molecular weight is 335 g/mol. The lowest BCUT2D eigenvalue weighted by molar-refractivity contribution is 0.415. The van der Waals surface area contributed by atoms with Crippen molar-refractivity contribution >= 4 is 21.6 Å². The number of ether oxygens (including phenoxy) is 1. The van der Waals surface area contributed by atoms with E-state index >= 15 is 0 Å². The van der Waals surface area contributed by atoms with E-state index in [0.717, 1.165) is 22.4 Å². The van der Waals surface area contributed by atoms with Crippen molar-refractivity contribution in [2.45, 2.75) is 0 Å². The van der Waals surface area contributed by atoms with Gasteiger partial charge in [0.2, 0.25) is 0 Å². The van der Waals surface area contributed by atoms with Gasteiger partial charge in [-0.05, 0) is 29.8 Å². The maximum absolute atomic E-state index is 12.6. The van der Waals surface area contributed by atoms with E-state index in [1.165, 1.54) is 11.3 Å². The zero-order valence-corrected chi connectivity index (χ0v) is 13.6. The van der Waals surface area contributed by atoms with Crippen molar-refractivity contribution < 1.29 is 4.74 Å². The number of pyridine rings is 1. The van der Waals surface area contributed by atoms with Crippen molar-refractivity contribution in [3.63, 3.8) is 0 Å². The lowest BCUT2D eigenvalue weighted by Crippen LogP contribution is -2.09. The second-order valence-electron chi connectivity index (χ2n) is 5.21. The third-order valence-corrected chi connectivity index (χ3v) is 4.65. The van der Waals surface area contributed by atoms with Crippen LogP contribution in [0.15, 0.2) is 59.0 Å². The number of nitrogens with one attached hydrogen (secondary N) is 1. The number of methoxy groups -OCH3 is 1. The topological polar surface area (TPSA) is 67.9 Å². The molecule has 0 bridgehead atoms. The van der Waals surface area contributed by atoms with Gasteiger partial charge in [0.1, 0.15) is 16.4 Å². The molecule has 118 valence electrons.